The van der Waals surface area contributed by atoms with Gasteiger partial charge in [-0.3, -0.25) is 8.98 Å². The molecule has 4 rings (SSSR count). The van der Waals surface area contributed by atoms with Crippen molar-refractivity contribution in [2.75, 3.05) is 6.61 Å². The molecule has 1 amide bonds. The molecule has 170 valence electrons. The summed E-state index contributed by atoms with van der Waals surface area (Å²) in [7, 11) is -3.98. The topological polar surface area (TPSA) is 109 Å². The predicted octanol–water partition coefficient (Wildman–Crippen LogP) is 1.75. The molecular weight excluding hydrogens is 426 g/mol. The lowest BCUT2D eigenvalue weighted by molar-refractivity contribution is -0.225. The third-order valence-electron chi connectivity index (χ3n) is 5.39. The van der Waals surface area contributed by atoms with Crippen molar-refractivity contribution in [1.29, 1.82) is 0 Å². The van der Waals surface area contributed by atoms with Gasteiger partial charge in [-0.1, -0.05) is 23.3 Å². The van der Waals surface area contributed by atoms with Crippen molar-refractivity contribution in [1.82, 2.24) is 5.32 Å². The van der Waals surface area contributed by atoms with E-state index < -0.39 is 46.7 Å². The lowest BCUT2D eigenvalue weighted by Crippen LogP contribution is -2.57. The monoisotopic (exact) mass is 453 g/mol. The Kier molecular flexibility index (Phi) is 5.74. The van der Waals surface area contributed by atoms with Crippen LogP contribution in [-0.2, 0) is 38.0 Å². The number of fused-ring (bicyclic) bond motifs is 1. The molecule has 0 spiro atoms. The van der Waals surface area contributed by atoms with Crippen LogP contribution in [0.2, 0.25) is 0 Å². The minimum atomic E-state index is -3.98. The van der Waals surface area contributed by atoms with Crippen LogP contribution >= 0.6 is 0 Å². The van der Waals surface area contributed by atoms with Gasteiger partial charge in [0, 0.05) is 0 Å². The Labute approximate surface area is 181 Å². The number of aryl methyl sites for hydroxylation is 1. The Hall–Kier alpha value is -1.82. The fourth-order valence-corrected chi connectivity index (χ4v) is 4.75. The zero-order valence-electron chi connectivity index (χ0n) is 18.1. The molecule has 3 aliphatic heterocycles. The van der Waals surface area contributed by atoms with Crippen molar-refractivity contribution in [2.45, 2.75) is 76.1 Å². The molecule has 5 atom stereocenters. The highest BCUT2D eigenvalue weighted by Gasteiger charge is 2.57. The second-order valence-corrected chi connectivity index (χ2v) is 10.2. The summed E-state index contributed by atoms with van der Waals surface area (Å²) in [4.78, 5) is 11.9. The number of amides is 1. The quantitative estimate of drug-likeness (QED) is 0.394. The van der Waals surface area contributed by atoms with E-state index in [9.17, 15) is 13.2 Å². The van der Waals surface area contributed by atoms with Crippen LogP contribution < -0.4 is 5.32 Å². The van der Waals surface area contributed by atoms with Crippen molar-refractivity contribution in [2.24, 2.45) is 0 Å². The largest absolute Gasteiger partial charge is 0.345 e. The van der Waals surface area contributed by atoms with E-state index in [1.807, 2.05) is 20.8 Å². The lowest BCUT2D eigenvalue weighted by atomic mass is 10.0. The van der Waals surface area contributed by atoms with Gasteiger partial charge >= 0.3 is 0 Å². The smallest absolute Gasteiger partial charge is 0.297 e. The summed E-state index contributed by atoms with van der Waals surface area (Å²) in [5.74, 6) is -1.07. The van der Waals surface area contributed by atoms with E-state index in [2.05, 4.69) is 5.32 Å². The highest BCUT2D eigenvalue weighted by Crippen LogP contribution is 2.40. The molecule has 0 aromatic heterocycles. The third kappa shape index (κ3) is 4.41. The second kappa shape index (κ2) is 7.95. The van der Waals surface area contributed by atoms with Gasteiger partial charge in [0.2, 0.25) is 0 Å². The molecule has 3 heterocycles. The van der Waals surface area contributed by atoms with E-state index in [-0.39, 0.29) is 17.4 Å². The summed E-state index contributed by atoms with van der Waals surface area (Å²) >= 11 is 0. The average molecular weight is 454 g/mol. The molecule has 9 nitrogen and oxygen atoms in total. The first-order chi connectivity index (χ1) is 14.5. The Morgan fingerprint density at radius 2 is 1.84 bits per heavy atom. The molecule has 31 heavy (non-hydrogen) atoms. The van der Waals surface area contributed by atoms with Crippen LogP contribution in [0.4, 0.5) is 0 Å². The number of benzene rings is 1. The molecule has 1 aromatic rings. The maximum atomic E-state index is 12.6. The Bertz CT molecular complexity index is 997. The normalized spacial score (nSPS) is 31.8. The van der Waals surface area contributed by atoms with Gasteiger partial charge in [0.1, 0.15) is 18.3 Å². The molecule has 3 saturated heterocycles. The molecule has 3 fully saturated rings. The number of nitrogens with one attached hydrogen (secondary N) is 1. The van der Waals surface area contributed by atoms with Crippen molar-refractivity contribution in [3.05, 3.63) is 41.0 Å². The highest BCUT2D eigenvalue weighted by atomic mass is 32.2. The standard InChI is InChI=1S/C21H27NO8S/c1-11(2)15-18(23)22-19(15)28-16-14(27-20-17(16)29-21(4,5)30-20)10-26-31(24,25)13-8-6-12(3)7-9-13/h6-9,14,16-17,19-20H,10H2,1-5H3,(H,22,23)/t14-,16+,17-,19-,20-/m1/s1. The summed E-state index contributed by atoms with van der Waals surface area (Å²) in [5, 5.41) is 2.70. The van der Waals surface area contributed by atoms with Crippen molar-refractivity contribution >= 4 is 16.0 Å². The maximum absolute atomic E-state index is 12.6. The van der Waals surface area contributed by atoms with Gasteiger partial charge in [-0.25, -0.2) is 0 Å². The van der Waals surface area contributed by atoms with E-state index in [4.69, 9.17) is 23.1 Å². The van der Waals surface area contributed by atoms with Crippen molar-refractivity contribution in [3.8, 4) is 0 Å². The maximum Gasteiger partial charge on any atom is 0.297 e. The molecule has 1 N–H and O–H groups in total. The minimum Gasteiger partial charge on any atom is -0.345 e. The van der Waals surface area contributed by atoms with Gasteiger partial charge in [-0.15, -0.1) is 0 Å². The molecule has 0 saturated carbocycles. The molecule has 10 heteroatoms. The fourth-order valence-electron chi connectivity index (χ4n) is 3.83. The Morgan fingerprint density at radius 1 is 1.16 bits per heavy atom. The van der Waals surface area contributed by atoms with Gasteiger partial charge in [0.15, 0.2) is 18.3 Å². The van der Waals surface area contributed by atoms with E-state index in [1.54, 1.807) is 26.0 Å². The summed E-state index contributed by atoms with van der Waals surface area (Å²) in [6.07, 6.45) is -3.45. The molecule has 0 radical (unpaired) electrons. The number of hydrogen-bond donors (Lipinski definition) is 1. The van der Waals surface area contributed by atoms with Crippen LogP contribution in [0.1, 0.15) is 33.3 Å². The number of hydrogen-bond acceptors (Lipinski definition) is 8. The van der Waals surface area contributed by atoms with E-state index >= 15 is 0 Å². The van der Waals surface area contributed by atoms with Gasteiger partial charge in [-0.2, -0.15) is 8.42 Å². The average Bonchev–Trinajstić information content (AvgIpc) is 3.11. The van der Waals surface area contributed by atoms with Crippen molar-refractivity contribution < 1.29 is 36.3 Å². The Morgan fingerprint density at radius 3 is 2.45 bits per heavy atom. The van der Waals surface area contributed by atoms with Gasteiger partial charge in [-0.05, 0) is 46.8 Å². The zero-order chi connectivity index (χ0) is 22.6. The molecule has 3 aliphatic rings. The van der Waals surface area contributed by atoms with Crippen LogP contribution in [-0.4, -0.2) is 57.5 Å². The molecule has 0 aliphatic carbocycles. The summed E-state index contributed by atoms with van der Waals surface area (Å²) < 4.78 is 54.1. The number of allylic oxidation sites excluding steroid dienone is 1. The summed E-state index contributed by atoms with van der Waals surface area (Å²) in [6, 6.07) is 6.37. The molecule has 0 unspecified atom stereocenters. The highest BCUT2D eigenvalue weighted by molar-refractivity contribution is 7.86. The van der Waals surface area contributed by atoms with Crippen molar-refractivity contribution in [3.63, 3.8) is 0 Å². The predicted molar refractivity (Wildman–Crippen MR) is 108 cm³/mol. The van der Waals surface area contributed by atoms with Crippen LogP contribution in [0.15, 0.2) is 40.3 Å². The first-order valence-electron chi connectivity index (χ1n) is 10.1. The van der Waals surface area contributed by atoms with Gasteiger partial charge in [0.05, 0.1) is 17.1 Å². The van der Waals surface area contributed by atoms with E-state index in [0.717, 1.165) is 11.1 Å². The summed E-state index contributed by atoms with van der Waals surface area (Å²) in [6.45, 7) is 8.74. The fraction of sp³-hybridized carbons (Fsp3) is 0.571. The van der Waals surface area contributed by atoms with Crippen LogP contribution in [0.25, 0.3) is 0 Å². The van der Waals surface area contributed by atoms with Crippen LogP contribution in [0.3, 0.4) is 0 Å². The first kappa shape index (κ1) is 22.4. The number of rotatable bonds is 6. The van der Waals surface area contributed by atoms with E-state index in [0.29, 0.717) is 5.57 Å². The number of carbonyl (C=O) groups is 1. The van der Waals surface area contributed by atoms with Crippen LogP contribution in [0.5, 0.6) is 0 Å². The SMILES string of the molecule is CC(C)=C1C(=O)N[C@@H]1O[C@@H]1[C@H]2OC(C)(C)O[C@H]2O[C@@H]1COS(=O)(=O)c1ccc(C)cc1. The van der Waals surface area contributed by atoms with Gasteiger partial charge < -0.3 is 24.3 Å². The van der Waals surface area contributed by atoms with Crippen LogP contribution in [0, 0.1) is 6.92 Å². The molecule has 1 aromatic carbocycles. The lowest BCUT2D eigenvalue weighted by Gasteiger charge is -2.36. The molecular formula is C21H27NO8S. The summed E-state index contributed by atoms with van der Waals surface area (Å²) in [5.41, 5.74) is 2.31. The van der Waals surface area contributed by atoms with E-state index in [1.165, 1.54) is 12.1 Å². The molecule has 0 bridgehead atoms. The minimum absolute atomic E-state index is 0.0560. The second-order valence-electron chi connectivity index (χ2n) is 8.56. The number of β-lactam (4-membered cyclic amide) rings is 1. The zero-order valence-corrected chi connectivity index (χ0v) is 18.9. The first-order valence-corrected chi connectivity index (χ1v) is 11.5. The third-order valence-corrected chi connectivity index (χ3v) is 6.68. The Balaban J connectivity index is 1.50. The van der Waals surface area contributed by atoms with Gasteiger partial charge in [0.25, 0.3) is 16.0 Å². The number of ether oxygens (including phenoxy) is 4. The number of carbonyl (C=O) groups excluding carboxylic acids is 1.